The predicted octanol–water partition coefficient (Wildman–Crippen LogP) is 4.30. The molecule has 4 aromatic carbocycles. The number of ketones is 1. The van der Waals surface area contributed by atoms with E-state index in [-0.39, 0.29) is 71.6 Å². The van der Waals surface area contributed by atoms with E-state index in [2.05, 4.69) is 4.90 Å². The van der Waals surface area contributed by atoms with Crippen molar-refractivity contribution >= 4 is 33.7 Å². The second kappa shape index (κ2) is 13.6. The van der Waals surface area contributed by atoms with Gasteiger partial charge in [0.2, 0.25) is 5.78 Å². The minimum Gasteiger partial charge on any atom is -0.506 e. The van der Waals surface area contributed by atoms with Crippen molar-refractivity contribution in [2.45, 2.75) is 0 Å². The molecule has 0 aliphatic heterocycles. The molecule has 0 bridgehead atoms. The Hall–Kier alpha value is -3.34. The molecule has 0 fully saturated rings. The van der Waals surface area contributed by atoms with Gasteiger partial charge in [-0.1, -0.05) is 36.4 Å². The Morgan fingerprint density at radius 2 is 1.31 bits per heavy atom. The average Bonchev–Trinajstić information content (AvgIpc) is 2.93. The van der Waals surface area contributed by atoms with Crippen molar-refractivity contribution in [3.05, 3.63) is 125 Å². The first-order valence-electron chi connectivity index (χ1n) is 11.4. The normalized spacial score (nSPS) is 10.0. The van der Waals surface area contributed by atoms with Gasteiger partial charge in [-0.3, -0.25) is 9.59 Å². The Kier molecular flexibility index (Phi) is 11.2. The molecular formula is C30H28EuN2O6. The molecule has 0 unspecified atom stereocenters. The molecule has 0 aliphatic rings. The number of benzene rings is 4. The number of nitrogens with zero attached hydrogens (tertiary/aromatic N) is 2. The molecule has 0 amide bonds. The van der Waals surface area contributed by atoms with Crippen LogP contribution in [-0.4, -0.2) is 33.5 Å². The maximum absolute atomic E-state index is 13.4. The molecule has 5 N–H and O–H groups in total. The summed E-state index contributed by atoms with van der Waals surface area (Å²) in [4.78, 5) is 28.6. The van der Waals surface area contributed by atoms with Gasteiger partial charge in [-0.15, -0.1) is 0 Å². The zero-order chi connectivity index (χ0) is 25.2. The van der Waals surface area contributed by atoms with E-state index in [0.29, 0.717) is 22.2 Å². The van der Waals surface area contributed by atoms with Crippen molar-refractivity contribution in [1.29, 1.82) is 0 Å². The van der Waals surface area contributed by atoms with Crippen LogP contribution in [-0.2, 0) is 7.05 Å². The first-order valence-corrected chi connectivity index (χ1v) is 11.4. The number of methoxy groups -OCH3 is 1. The molecule has 39 heavy (non-hydrogen) atoms. The summed E-state index contributed by atoms with van der Waals surface area (Å²) in [6.07, 6.45) is 0. The van der Waals surface area contributed by atoms with Gasteiger partial charge in [0, 0.05) is 90.5 Å². The van der Waals surface area contributed by atoms with Crippen LogP contribution in [0.1, 0.15) is 15.9 Å². The largest absolute Gasteiger partial charge is 0.506 e. The topological polar surface area (TPSA) is 135 Å². The molecule has 0 saturated heterocycles. The molecule has 9 heteroatoms. The SMILES string of the molecule is COc1ccc2c(O)c(C(=O)c3ccc(N(c4ccccc4)c4ccccc4)cc3)c(=O)n(C)c2c1.O.O.[Eu]. The molecule has 1 aromatic heterocycles. The van der Waals surface area contributed by atoms with E-state index in [1.165, 1.54) is 11.7 Å². The molecule has 5 rings (SSSR count). The van der Waals surface area contributed by atoms with Gasteiger partial charge in [0.1, 0.15) is 17.1 Å². The van der Waals surface area contributed by atoms with Gasteiger partial charge in [-0.2, -0.15) is 0 Å². The van der Waals surface area contributed by atoms with Crippen molar-refractivity contribution in [2.75, 3.05) is 12.0 Å². The van der Waals surface area contributed by atoms with Crippen LogP contribution in [0.25, 0.3) is 10.9 Å². The van der Waals surface area contributed by atoms with Crippen molar-refractivity contribution in [3.63, 3.8) is 0 Å². The average molecular weight is 665 g/mol. The van der Waals surface area contributed by atoms with E-state index >= 15 is 0 Å². The van der Waals surface area contributed by atoms with Crippen LogP contribution in [0.5, 0.6) is 11.5 Å². The summed E-state index contributed by atoms with van der Waals surface area (Å²) in [6, 6.07) is 31.8. The van der Waals surface area contributed by atoms with Crippen LogP contribution < -0.4 is 15.2 Å². The number of hydrogen-bond donors (Lipinski definition) is 1. The minimum atomic E-state index is -0.572. The maximum atomic E-state index is 13.4. The second-order valence-corrected chi connectivity index (χ2v) is 8.35. The van der Waals surface area contributed by atoms with E-state index in [9.17, 15) is 14.7 Å². The molecule has 1 radical (unpaired) electrons. The number of anilines is 3. The number of aryl methyl sites for hydroxylation is 1. The Morgan fingerprint density at radius 3 is 1.82 bits per heavy atom. The molecule has 0 aliphatic carbocycles. The fourth-order valence-corrected chi connectivity index (χ4v) is 4.34. The summed E-state index contributed by atoms with van der Waals surface area (Å²) in [7, 11) is 3.10. The number of carbonyl (C=O) groups is 1. The van der Waals surface area contributed by atoms with Crippen LogP contribution in [0.2, 0.25) is 0 Å². The Balaban J connectivity index is 0.00000178. The number of carbonyl (C=O) groups excluding carboxylic acids is 1. The third kappa shape index (κ3) is 6.13. The molecule has 0 atom stereocenters. The number of aromatic nitrogens is 1. The zero-order valence-corrected chi connectivity index (χ0v) is 23.7. The fourth-order valence-electron chi connectivity index (χ4n) is 4.34. The van der Waals surface area contributed by atoms with E-state index in [1.807, 2.05) is 72.8 Å². The van der Waals surface area contributed by atoms with Crippen molar-refractivity contribution < 1.29 is 75.0 Å². The molecule has 0 saturated carbocycles. The van der Waals surface area contributed by atoms with Crippen LogP contribution in [0.15, 0.2) is 108 Å². The smallest absolute Gasteiger partial charge is 0.265 e. The van der Waals surface area contributed by atoms with Crippen molar-refractivity contribution in [2.24, 2.45) is 7.05 Å². The zero-order valence-electron chi connectivity index (χ0n) is 21.3. The first kappa shape index (κ1) is 31.9. The number of para-hydroxylation sites is 2. The van der Waals surface area contributed by atoms with E-state index < -0.39 is 11.3 Å². The summed E-state index contributed by atoms with van der Waals surface area (Å²) in [5, 5.41) is 11.3. The number of rotatable bonds is 6. The van der Waals surface area contributed by atoms with Crippen LogP contribution in [0.3, 0.4) is 0 Å². The maximum Gasteiger partial charge on any atom is 0.265 e. The molecular weight excluding hydrogens is 636 g/mol. The summed E-state index contributed by atoms with van der Waals surface area (Å²) in [5.74, 6) is -0.323. The van der Waals surface area contributed by atoms with Crippen molar-refractivity contribution in [1.82, 2.24) is 4.57 Å². The van der Waals surface area contributed by atoms with Crippen LogP contribution in [0, 0.1) is 49.4 Å². The fraction of sp³-hybridized carbons (Fsp3) is 0.0667. The standard InChI is InChI=1S/C30H24N2O4.Eu.2H2O/c1-31-26-19-24(36-2)17-18-25(26)29(34)27(30(31)35)28(33)20-13-15-23(16-14-20)32(21-9-5-3-6-10-21)22-11-7-4-8-12-22;;;/h3-19,34H,1-2H3;;2*1H2. The van der Waals surface area contributed by atoms with Crippen LogP contribution >= 0.6 is 0 Å². The van der Waals surface area contributed by atoms with Gasteiger partial charge < -0.3 is 30.3 Å². The van der Waals surface area contributed by atoms with Gasteiger partial charge >= 0.3 is 0 Å². The van der Waals surface area contributed by atoms with Gasteiger partial charge in [0.05, 0.1) is 12.6 Å². The molecule has 5 aromatic rings. The molecule has 1 heterocycles. The Bertz CT molecular complexity index is 1580. The Labute approximate surface area is 266 Å². The summed E-state index contributed by atoms with van der Waals surface area (Å²) >= 11 is 0. The van der Waals surface area contributed by atoms with E-state index in [0.717, 1.165) is 17.1 Å². The minimum absolute atomic E-state index is 0. The monoisotopic (exact) mass is 665 g/mol. The van der Waals surface area contributed by atoms with Gasteiger partial charge in [-0.05, 0) is 60.7 Å². The third-order valence-corrected chi connectivity index (χ3v) is 6.22. The summed E-state index contributed by atoms with van der Waals surface area (Å²) in [5.41, 5.74) is 2.75. The molecule has 0 spiro atoms. The third-order valence-electron chi connectivity index (χ3n) is 6.22. The summed E-state index contributed by atoms with van der Waals surface area (Å²) < 4.78 is 6.58. The predicted molar refractivity (Wildman–Crippen MR) is 149 cm³/mol. The first-order chi connectivity index (χ1) is 17.5. The Morgan fingerprint density at radius 1 is 0.795 bits per heavy atom. The van der Waals surface area contributed by atoms with E-state index in [4.69, 9.17) is 4.74 Å². The number of ether oxygens (including phenoxy) is 1. The van der Waals surface area contributed by atoms with Gasteiger partial charge in [0.25, 0.3) is 5.56 Å². The number of aromatic hydroxyl groups is 1. The molecule has 201 valence electrons. The molecule has 8 nitrogen and oxygen atoms in total. The quantitative estimate of drug-likeness (QED) is 0.270. The second-order valence-electron chi connectivity index (χ2n) is 8.35. The van der Waals surface area contributed by atoms with Crippen LogP contribution in [0.4, 0.5) is 17.1 Å². The van der Waals surface area contributed by atoms with Gasteiger partial charge in [0.15, 0.2) is 0 Å². The summed E-state index contributed by atoms with van der Waals surface area (Å²) in [6.45, 7) is 0. The number of hydrogen-bond acceptors (Lipinski definition) is 5. The number of pyridine rings is 1. The van der Waals surface area contributed by atoms with E-state index in [1.54, 1.807) is 37.4 Å². The van der Waals surface area contributed by atoms with Crippen molar-refractivity contribution in [3.8, 4) is 11.5 Å². The van der Waals surface area contributed by atoms with Gasteiger partial charge in [-0.25, -0.2) is 0 Å². The number of fused-ring (bicyclic) bond motifs is 1.